The number of halogens is 1. The second kappa shape index (κ2) is 7.11. The number of carbonyl (C=O) groups excluding carboxylic acids is 1. The van der Waals surface area contributed by atoms with Crippen molar-refractivity contribution in [3.8, 4) is 5.75 Å². The van der Waals surface area contributed by atoms with Crippen LogP contribution >= 0.6 is 10.7 Å². The van der Waals surface area contributed by atoms with Crippen LogP contribution in [0.3, 0.4) is 0 Å². The van der Waals surface area contributed by atoms with E-state index in [-0.39, 0.29) is 23.5 Å². The summed E-state index contributed by atoms with van der Waals surface area (Å²) in [4.78, 5) is 11.7. The number of ether oxygens (including phenoxy) is 2. The Morgan fingerprint density at radius 2 is 1.90 bits per heavy atom. The highest BCUT2D eigenvalue weighted by Gasteiger charge is 2.16. The molecule has 1 N–H and O–H groups in total. The Morgan fingerprint density at radius 1 is 1.29 bits per heavy atom. The van der Waals surface area contributed by atoms with E-state index in [2.05, 4.69) is 5.32 Å². The Kier molecular flexibility index (Phi) is 5.44. The van der Waals surface area contributed by atoms with Gasteiger partial charge in [-0.2, -0.15) is 0 Å². The van der Waals surface area contributed by atoms with Crippen LogP contribution in [0.25, 0.3) is 0 Å². The molecule has 0 saturated carbocycles. The highest BCUT2D eigenvalue weighted by molar-refractivity contribution is 8.13. The van der Waals surface area contributed by atoms with Gasteiger partial charge in [0.25, 0.3) is 15.0 Å². The van der Waals surface area contributed by atoms with E-state index in [1.165, 1.54) is 24.3 Å². The van der Waals surface area contributed by atoms with Gasteiger partial charge in [0.05, 0.1) is 4.90 Å². The Labute approximate surface area is 127 Å². The fraction of sp³-hybridized carbons (Fsp3) is 0.462. The van der Waals surface area contributed by atoms with E-state index in [9.17, 15) is 13.2 Å². The van der Waals surface area contributed by atoms with Crippen LogP contribution in [-0.2, 0) is 18.6 Å². The van der Waals surface area contributed by atoms with Crippen molar-refractivity contribution in [1.29, 1.82) is 0 Å². The summed E-state index contributed by atoms with van der Waals surface area (Å²) in [6, 6.07) is 5.69. The van der Waals surface area contributed by atoms with Gasteiger partial charge in [0.15, 0.2) is 6.61 Å². The number of nitrogens with one attached hydrogen (secondary N) is 1. The predicted molar refractivity (Wildman–Crippen MR) is 77.0 cm³/mol. The molecule has 8 heteroatoms. The summed E-state index contributed by atoms with van der Waals surface area (Å²) in [5.41, 5.74) is 0. The molecule has 1 heterocycles. The maximum atomic E-state index is 11.7. The molecule has 1 aliphatic rings. The maximum absolute atomic E-state index is 11.7. The lowest BCUT2D eigenvalue weighted by atomic mass is 10.1. The first-order chi connectivity index (χ1) is 9.95. The first-order valence-corrected chi connectivity index (χ1v) is 8.81. The van der Waals surface area contributed by atoms with Crippen LogP contribution in [0.5, 0.6) is 5.75 Å². The zero-order valence-electron chi connectivity index (χ0n) is 11.2. The van der Waals surface area contributed by atoms with Gasteiger partial charge in [-0.1, -0.05) is 0 Å². The van der Waals surface area contributed by atoms with Crippen molar-refractivity contribution < 1.29 is 22.7 Å². The minimum Gasteiger partial charge on any atom is -0.484 e. The van der Waals surface area contributed by atoms with Crippen LogP contribution in [-0.4, -0.2) is 40.2 Å². The number of hydrogen-bond donors (Lipinski definition) is 1. The van der Waals surface area contributed by atoms with E-state index in [0.717, 1.165) is 12.8 Å². The van der Waals surface area contributed by atoms with Gasteiger partial charge in [-0.3, -0.25) is 4.79 Å². The smallest absolute Gasteiger partial charge is 0.261 e. The van der Waals surface area contributed by atoms with Crippen molar-refractivity contribution in [2.24, 2.45) is 0 Å². The van der Waals surface area contributed by atoms with Gasteiger partial charge in [0.1, 0.15) is 5.75 Å². The zero-order valence-corrected chi connectivity index (χ0v) is 12.8. The fourth-order valence-corrected chi connectivity index (χ4v) is 2.73. The molecule has 0 radical (unpaired) electrons. The quantitative estimate of drug-likeness (QED) is 0.821. The van der Waals surface area contributed by atoms with Crippen LogP contribution in [0.15, 0.2) is 29.2 Å². The molecule has 1 amide bonds. The predicted octanol–water partition coefficient (Wildman–Crippen LogP) is 1.29. The Balaban J connectivity index is 1.81. The third-order valence-corrected chi connectivity index (χ3v) is 4.43. The standard InChI is InChI=1S/C13H16ClNO5S/c14-21(17,18)12-3-1-11(2-4-12)20-9-13(16)15-10-5-7-19-8-6-10/h1-4,10H,5-9H2,(H,15,16). The summed E-state index contributed by atoms with van der Waals surface area (Å²) in [6.07, 6.45) is 1.60. The van der Waals surface area contributed by atoms with Crippen LogP contribution in [0.2, 0.25) is 0 Å². The molecule has 0 aliphatic carbocycles. The van der Waals surface area contributed by atoms with E-state index in [4.69, 9.17) is 20.2 Å². The molecule has 0 spiro atoms. The molecule has 1 aliphatic heterocycles. The van der Waals surface area contributed by atoms with Gasteiger partial charge in [0, 0.05) is 29.9 Å². The molecule has 21 heavy (non-hydrogen) atoms. The van der Waals surface area contributed by atoms with Crippen LogP contribution < -0.4 is 10.1 Å². The van der Waals surface area contributed by atoms with E-state index in [1.54, 1.807) is 0 Å². The monoisotopic (exact) mass is 333 g/mol. The first kappa shape index (κ1) is 16.1. The van der Waals surface area contributed by atoms with Gasteiger partial charge in [-0.25, -0.2) is 8.42 Å². The van der Waals surface area contributed by atoms with Crippen molar-refractivity contribution in [2.75, 3.05) is 19.8 Å². The third-order valence-electron chi connectivity index (χ3n) is 3.06. The van der Waals surface area contributed by atoms with E-state index in [0.29, 0.717) is 19.0 Å². The minimum absolute atomic E-state index is 0.0110. The number of rotatable bonds is 5. The zero-order chi connectivity index (χ0) is 15.3. The average molecular weight is 334 g/mol. The summed E-state index contributed by atoms with van der Waals surface area (Å²) >= 11 is 0. The molecule has 0 aromatic heterocycles. The lowest BCUT2D eigenvalue weighted by Crippen LogP contribution is -2.41. The molecule has 1 fully saturated rings. The van der Waals surface area contributed by atoms with Crippen molar-refractivity contribution in [3.63, 3.8) is 0 Å². The molecule has 2 rings (SSSR count). The molecule has 6 nitrogen and oxygen atoms in total. The van der Waals surface area contributed by atoms with E-state index >= 15 is 0 Å². The molecule has 116 valence electrons. The molecule has 0 bridgehead atoms. The minimum atomic E-state index is -3.74. The first-order valence-electron chi connectivity index (χ1n) is 6.50. The molecule has 1 aromatic carbocycles. The van der Waals surface area contributed by atoms with Crippen molar-refractivity contribution in [1.82, 2.24) is 5.32 Å². The molecule has 1 aromatic rings. The molecule has 0 atom stereocenters. The van der Waals surface area contributed by atoms with E-state index < -0.39 is 9.05 Å². The number of amides is 1. The Morgan fingerprint density at radius 3 is 2.48 bits per heavy atom. The van der Waals surface area contributed by atoms with Crippen molar-refractivity contribution >= 4 is 25.6 Å². The molecular weight excluding hydrogens is 318 g/mol. The average Bonchev–Trinajstić information content (AvgIpc) is 2.46. The topological polar surface area (TPSA) is 81.7 Å². The Bertz CT molecular complexity index is 581. The molecule has 1 saturated heterocycles. The second-order valence-corrected chi connectivity index (χ2v) is 7.22. The summed E-state index contributed by atoms with van der Waals surface area (Å²) in [5, 5.41) is 2.86. The SMILES string of the molecule is O=C(COc1ccc(S(=O)(=O)Cl)cc1)NC1CCOCC1. The summed E-state index contributed by atoms with van der Waals surface area (Å²) in [6.45, 7) is 1.19. The summed E-state index contributed by atoms with van der Waals surface area (Å²) in [5.74, 6) is 0.192. The highest BCUT2D eigenvalue weighted by atomic mass is 35.7. The van der Waals surface area contributed by atoms with Crippen LogP contribution in [0.1, 0.15) is 12.8 Å². The summed E-state index contributed by atoms with van der Waals surface area (Å²) < 4.78 is 32.7. The number of hydrogen-bond acceptors (Lipinski definition) is 5. The second-order valence-electron chi connectivity index (χ2n) is 4.65. The van der Waals surface area contributed by atoms with Gasteiger partial charge < -0.3 is 14.8 Å². The fourth-order valence-electron chi connectivity index (χ4n) is 1.96. The van der Waals surface area contributed by atoms with Crippen molar-refractivity contribution in [2.45, 2.75) is 23.8 Å². The largest absolute Gasteiger partial charge is 0.484 e. The lowest BCUT2D eigenvalue weighted by Gasteiger charge is -2.23. The van der Waals surface area contributed by atoms with Crippen molar-refractivity contribution in [3.05, 3.63) is 24.3 Å². The highest BCUT2D eigenvalue weighted by Crippen LogP contribution is 2.18. The number of benzene rings is 1. The Hall–Kier alpha value is -1.31. The van der Waals surface area contributed by atoms with Gasteiger partial charge in [-0.15, -0.1) is 0 Å². The van der Waals surface area contributed by atoms with Gasteiger partial charge >= 0.3 is 0 Å². The third kappa shape index (κ3) is 5.18. The normalized spacial score (nSPS) is 16.4. The molecular formula is C13H16ClNO5S. The number of carbonyl (C=O) groups is 1. The molecule has 0 unspecified atom stereocenters. The maximum Gasteiger partial charge on any atom is 0.261 e. The van der Waals surface area contributed by atoms with Crippen LogP contribution in [0.4, 0.5) is 0 Å². The lowest BCUT2D eigenvalue weighted by molar-refractivity contribution is -0.124. The van der Waals surface area contributed by atoms with Gasteiger partial charge in [-0.05, 0) is 37.1 Å². The summed E-state index contributed by atoms with van der Waals surface area (Å²) in [7, 11) is 1.46. The van der Waals surface area contributed by atoms with Crippen LogP contribution in [0, 0.1) is 0 Å². The van der Waals surface area contributed by atoms with E-state index in [1.807, 2.05) is 0 Å². The van der Waals surface area contributed by atoms with Gasteiger partial charge in [0.2, 0.25) is 0 Å².